The van der Waals surface area contributed by atoms with Gasteiger partial charge < -0.3 is 10.0 Å². The maximum atomic E-state index is 12.2. The Balaban J connectivity index is 1.96. The number of aliphatic hydroxyl groups is 1. The largest absolute Gasteiger partial charge is 0.386 e. The monoisotopic (exact) mass is 315 g/mol. The summed E-state index contributed by atoms with van der Waals surface area (Å²) in [6.07, 6.45) is -0.344. The summed E-state index contributed by atoms with van der Waals surface area (Å²) in [5.74, 6) is 0.0348. The Hall–Kier alpha value is -1.84. The van der Waals surface area contributed by atoms with Gasteiger partial charge in [0.25, 0.3) is 0 Å². The molecule has 114 valence electrons. The first kappa shape index (κ1) is 15.1. The van der Waals surface area contributed by atoms with E-state index in [1.165, 1.54) is 0 Å². The molecular formula is C18H18ClNO2. The summed E-state index contributed by atoms with van der Waals surface area (Å²) in [7, 11) is 1.75. The molecule has 22 heavy (non-hydrogen) atoms. The topological polar surface area (TPSA) is 40.5 Å². The minimum atomic E-state index is -0.764. The molecule has 0 bridgehead atoms. The summed E-state index contributed by atoms with van der Waals surface area (Å²) in [6.45, 7) is 0. The van der Waals surface area contributed by atoms with Crippen LogP contribution in [0, 0.1) is 0 Å². The minimum absolute atomic E-state index is 0.0207. The highest BCUT2D eigenvalue weighted by atomic mass is 35.5. The molecule has 1 aliphatic heterocycles. The van der Waals surface area contributed by atoms with E-state index in [1.807, 2.05) is 42.5 Å². The first-order chi connectivity index (χ1) is 10.6. The van der Waals surface area contributed by atoms with Gasteiger partial charge in [-0.15, -0.1) is 0 Å². The SMILES string of the molecule is CN1C(=O)C[C@H](c2ccccc2)[C@@H]1[C@@H](O)c1cccc(Cl)c1. The molecule has 1 amide bonds. The Morgan fingerprint density at radius 2 is 1.91 bits per heavy atom. The van der Waals surface area contributed by atoms with Crippen LogP contribution < -0.4 is 0 Å². The summed E-state index contributed by atoms with van der Waals surface area (Å²) >= 11 is 6.02. The van der Waals surface area contributed by atoms with Crippen molar-refractivity contribution < 1.29 is 9.90 Å². The van der Waals surface area contributed by atoms with Crippen LogP contribution in [0.1, 0.15) is 29.6 Å². The summed E-state index contributed by atoms with van der Waals surface area (Å²) in [4.78, 5) is 13.8. The summed E-state index contributed by atoms with van der Waals surface area (Å²) < 4.78 is 0. The molecule has 3 nitrogen and oxygen atoms in total. The molecule has 0 unspecified atom stereocenters. The van der Waals surface area contributed by atoms with Crippen molar-refractivity contribution in [2.45, 2.75) is 24.5 Å². The number of rotatable bonds is 3. The van der Waals surface area contributed by atoms with Gasteiger partial charge in [0.15, 0.2) is 0 Å². The molecule has 2 aromatic carbocycles. The van der Waals surface area contributed by atoms with Gasteiger partial charge in [-0.25, -0.2) is 0 Å². The van der Waals surface area contributed by atoms with Gasteiger partial charge in [0.1, 0.15) is 6.10 Å². The van der Waals surface area contributed by atoms with Crippen molar-refractivity contribution in [1.29, 1.82) is 0 Å². The van der Waals surface area contributed by atoms with Crippen molar-refractivity contribution in [2.24, 2.45) is 0 Å². The van der Waals surface area contributed by atoms with E-state index in [2.05, 4.69) is 0 Å². The van der Waals surface area contributed by atoms with Crippen molar-refractivity contribution in [3.05, 3.63) is 70.7 Å². The lowest BCUT2D eigenvalue weighted by atomic mass is 9.86. The number of carbonyl (C=O) groups excluding carboxylic acids is 1. The van der Waals surface area contributed by atoms with E-state index in [1.54, 1.807) is 24.1 Å². The van der Waals surface area contributed by atoms with Crippen LogP contribution >= 0.6 is 11.6 Å². The number of nitrogens with zero attached hydrogens (tertiary/aromatic N) is 1. The Labute approximate surface area is 135 Å². The molecular weight excluding hydrogens is 298 g/mol. The van der Waals surface area contributed by atoms with E-state index in [0.29, 0.717) is 11.4 Å². The molecule has 0 saturated carbocycles. The lowest BCUT2D eigenvalue weighted by Gasteiger charge is -2.30. The van der Waals surface area contributed by atoms with Crippen molar-refractivity contribution in [1.82, 2.24) is 4.90 Å². The highest BCUT2D eigenvalue weighted by Gasteiger charge is 2.42. The number of halogens is 1. The van der Waals surface area contributed by atoms with E-state index >= 15 is 0 Å². The van der Waals surface area contributed by atoms with E-state index < -0.39 is 6.10 Å². The van der Waals surface area contributed by atoms with Crippen LogP contribution in [0.2, 0.25) is 5.02 Å². The molecule has 0 radical (unpaired) electrons. The molecule has 1 saturated heterocycles. The number of aliphatic hydroxyl groups excluding tert-OH is 1. The number of likely N-dealkylation sites (N-methyl/N-ethyl adjacent to an activating group) is 1. The van der Waals surface area contributed by atoms with Gasteiger partial charge in [0, 0.05) is 24.4 Å². The van der Waals surface area contributed by atoms with Crippen LogP contribution in [0.5, 0.6) is 0 Å². The fourth-order valence-electron chi connectivity index (χ4n) is 3.22. The fraction of sp³-hybridized carbons (Fsp3) is 0.278. The van der Waals surface area contributed by atoms with Gasteiger partial charge in [-0.1, -0.05) is 54.1 Å². The van der Waals surface area contributed by atoms with Crippen LogP contribution in [0.3, 0.4) is 0 Å². The zero-order valence-electron chi connectivity index (χ0n) is 12.3. The zero-order valence-corrected chi connectivity index (χ0v) is 13.1. The number of amides is 1. The van der Waals surface area contributed by atoms with Crippen molar-refractivity contribution in [3.63, 3.8) is 0 Å². The highest BCUT2D eigenvalue weighted by Crippen LogP contribution is 2.40. The highest BCUT2D eigenvalue weighted by molar-refractivity contribution is 6.30. The Kier molecular flexibility index (Phi) is 4.19. The first-order valence-corrected chi connectivity index (χ1v) is 7.70. The second-order valence-electron chi connectivity index (χ2n) is 5.72. The molecule has 3 atom stereocenters. The third kappa shape index (κ3) is 2.74. The van der Waals surface area contributed by atoms with Crippen LogP contribution in [0.4, 0.5) is 0 Å². The van der Waals surface area contributed by atoms with Crippen molar-refractivity contribution >= 4 is 17.5 Å². The average molecular weight is 316 g/mol. The maximum Gasteiger partial charge on any atom is 0.223 e. The number of carbonyl (C=O) groups is 1. The number of hydrogen-bond donors (Lipinski definition) is 1. The van der Waals surface area contributed by atoms with Gasteiger partial charge in [-0.3, -0.25) is 4.79 Å². The lowest BCUT2D eigenvalue weighted by molar-refractivity contribution is -0.128. The van der Waals surface area contributed by atoms with Crippen LogP contribution in [0.25, 0.3) is 0 Å². The molecule has 1 heterocycles. The summed E-state index contributed by atoms with van der Waals surface area (Å²) in [5.41, 5.74) is 1.81. The molecule has 2 aromatic rings. The number of benzene rings is 2. The van der Waals surface area contributed by atoms with Crippen molar-refractivity contribution in [3.8, 4) is 0 Å². The first-order valence-electron chi connectivity index (χ1n) is 7.32. The second kappa shape index (κ2) is 6.11. The van der Waals surface area contributed by atoms with Crippen LogP contribution in [-0.4, -0.2) is 29.0 Å². The Morgan fingerprint density at radius 1 is 1.18 bits per heavy atom. The van der Waals surface area contributed by atoms with E-state index in [-0.39, 0.29) is 17.9 Å². The lowest BCUT2D eigenvalue weighted by Crippen LogP contribution is -2.36. The van der Waals surface area contributed by atoms with Crippen LogP contribution in [0.15, 0.2) is 54.6 Å². The van der Waals surface area contributed by atoms with Gasteiger partial charge in [-0.05, 0) is 23.3 Å². The maximum absolute atomic E-state index is 12.2. The molecule has 1 aliphatic rings. The molecule has 1 N–H and O–H groups in total. The summed E-state index contributed by atoms with van der Waals surface area (Å²) in [5, 5.41) is 11.4. The molecule has 1 fully saturated rings. The normalized spacial score (nSPS) is 22.9. The predicted octanol–water partition coefficient (Wildman–Crippen LogP) is 3.39. The third-order valence-electron chi connectivity index (χ3n) is 4.39. The zero-order chi connectivity index (χ0) is 15.7. The molecule has 4 heteroatoms. The Morgan fingerprint density at radius 3 is 2.59 bits per heavy atom. The van der Waals surface area contributed by atoms with Gasteiger partial charge in [0.05, 0.1) is 6.04 Å². The number of hydrogen-bond acceptors (Lipinski definition) is 2. The second-order valence-corrected chi connectivity index (χ2v) is 6.15. The molecule has 0 aliphatic carbocycles. The molecule has 0 spiro atoms. The Bertz CT molecular complexity index is 674. The molecule has 3 rings (SSSR count). The van der Waals surface area contributed by atoms with Gasteiger partial charge >= 0.3 is 0 Å². The molecule has 0 aromatic heterocycles. The van der Waals surface area contributed by atoms with Gasteiger partial charge in [-0.2, -0.15) is 0 Å². The van der Waals surface area contributed by atoms with Crippen LogP contribution in [-0.2, 0) is 4.79 Å². The number of likely N-dealkylation sites (tertiary alicyclic amines) is 1. The quantitative estimate of drug-likeness (QED) is 0.943. The smallest absolute Gasteiger partial charge is 0.223 e. The predicted molar refractivity (Wildman–Crippen MR) is 86.8 cm³/mol. The van der Waals surface area contributed by atoms with Gasteiger partial charge in [0.2, 0.25) is 5.91 Å². The van der Waals surface area contributed by atoms with E-state index in [9.17, 15) is 9.90 Å². The fourth-order valence-corrected chi connectivity index (χ4v) is 3.42. The third-order valence-corrected chi connectivity index (χ3v) is 4.62. The van der Waals surface area contributed by atoms with E-state index in [4.69, 9.17) is 11.6 Å². The van der Waals surface area contributed by atoms with E-state index in [0.717, 1.165) is 11.1 Å². The average Bonchev–Trinajstić information content (AvgIpc) is 2.83. The van der Waals surface area contributed by atoms with Crippen molar-refractivity contribution in [2.75, 3.05) is 7.05 Å². The standard InChI is InChI=1S/C18H18ClNO2/c1-20-16(21)11-15(12-6-3-2-4-7-12)17(20)18(22)13-8-5-9-14(19)10-13/h2-10,15,17-18,22H,11H2,1H3/t15-,17-,18+/m1/s1. The summed E-state index contributed by atoms with van der Waals surface area (Å²) in [6, 6.07) is 16.8. The minimum Gasteiger partial charge on any atom is -0.386 e.